The van der Waals surface area contributed by atoms with Gasteiger partial charge in [0.05, 0.1) is 11.6 Å². The number of anilines is 1. The first-order valence-corrected chi connectivity index (χ1v) is 5.62. The van der Waals surface area contributed by atoms with Crippen molar-refractivity contribution in [1.82, 2.24) is 0 Å². The Morgan fingerprint density at radius 2 is 1.94 bits per heavy atom. The van der Waals surface area contributed by atoms with Gasteiger partial charge in [0.15, 0.2) is 0 Å². The molecule has 0 amide bonds. The molecular formula is C16H12N2. The first kappa shape index (κ1) is 11.8. The molecule has 1 N–H and O–H groups in total. The van der Waals surface area contributed by atoms with Crippen molar-refractivity contribution >= 4 is 5.69 Å². The molecule has 0 aromatic heterocycles. The summed E-state index contributed by atoms with van der Waals surface area (Å²) < 4.78 is 0. The summed E-state index contributed by atoms with van der Waals surface area (Å²) in [4.78, 5) is 0. The van der Waals surface area contributed by atoms with E-state index in [1.54, 1.807) is 0 Å². The quantitative estimate of drug-likeness (QED) is 0.825. The van der Waals surface area contributed by atoms with Gasteiger partial charge in [0.1, 0.15) is 0 Å². The summed E-state index contributed by atoms with van der Waals surface area (Å²) in [5, 5.41) is 12.3. The minimum atomic E-state index is 0.609. The molecule has 0 unspecified atom stereocenters. The molecule has 2 aromatic carbocycles. The molecule has 2 heteroatoms. The van der Waals surface area contributed by atoms with Crippen molar-refractivity contribution in [3.05, 3.63) is 65.2 Å². The van der Waals surface area contributed by atoms with Crippen LogP contribution < -0.4 is 5.32 Å². The monoisotopic (exact) mass is 232 g/mol. The minimum absolute atomic E-state index is 0.609. The second-order valence-electron chi connectivity index (χ2n) is 3.85. The maximum Gasteiger partial charge on any atom is 0.0995 e. The Bertz CT molecular complexity index is 630. The van der Waals surface area contributed by atoms with E-state index < -0.39 is 0 Å². The summed E-state index contributed by atoms with van der Waals surface area (Å²) in [6.45, 7) is 0.609. The third-order valence-electron chi connectivity index (χ3n) is 2.65. The predicted molar refractivity (Wildman–Crippen MR) is 72.9 cm³/mol. The first-order valence-electron chi connectivity index (χ1n) is 5.62. The molecule has 0 saturated carbocycles. The van der Waals surface area contributed by atoms with E-state index in [4.69, 9.17) is 11.7 Å². The molecule has 2 aromatic rings. The molecule has 18 heavy (non-hydrogen) atoms. The number of hydrogen-bond donors (Lipinski definition) is 1. The van der Waals surface area contributed by atoms with Gasteiger partial charge < -0.3 is 5.32 Å². The van der Waals surface area contributed by atoms with E-state index in [1.807, 2.05) is 48.5 Å². The Labute approximate surface area is 107 Å². The Balaban J connectivity index is 2.12. The third kappa shape index (κ3) is 2.70. The van der Waals surface area contributed by atoms with Gasteiger partial charge in [-0.15, -0.1) is 6.42 Å². The summed E-state index contributed by atoms with van der Waals surface area (Å²) in [5.74, 6) is 2.60. The maximum atomic E-state index is 8.99. The Morgan fingerprint density at radius 1 is 1.11 bits per heavy atom. The molecule has 0 atom stereocenters. The summed E-state index contributed by atoms with van der Waals surface area (Å²) in [6, 6.07) is 17.4. The zero-order valence-electron chi connectivity index (χ0n) is 9.85. The second-order valence-corrected chi connectivity index (χ2v) is 3.85. The van der Waals surface area contributed by atoms with Crippen LogP contribution in [0.1, 0.15) is 16.7 Å². The molecule has 0 saturated heterocycles. The summed E-state index contributed by atoms with van der Waals surface area (Å²) in [6.07, 6.45) is 5.35. The number of nitrogens with zero attached hydrogens (tertiary/aromatic N) is 1. The van der Waals surface area contributed by atoms with Crippen LogP contribution in [-0.4, -0.2) is 0 Å². The van der Waals surface area contributed by atoms with Gasteiger partial charge in [-0.05, 0) is 29.8 Å². The smallest absolute Gasteiger partial charge is 0.0995 e. The van der Waals surface area contributed by atoms with E-state index in [9.17, 15) is 0 Å². The highest BCUT2D eigenvalue weighted by Crippen LogP contribution is 2.13. The average molecular weight is 232 g/mol. The van der Waals surface area contributed by atoms with Gasteiger partial charge in [-0.25, -0.2) is 0 Å². The van der Waals surface area contributed by atoms with Crippen LogP contribution in [-0.2, 0) is 6.54 Å². The van der Waals surface area contributed by atoms with Crippen LogP contribution in [0, 0.1) is 23.7 Å². The molecule has 0 aliphatic carbocycles. The Morgan fingerprint density at radius 3 is 2.72 bits per heavy atom. The lowest BCUT2D eigenvalue weighted by Gasteiger charge is -2.08. The SMILES string of the molecule is C#Cc1cccc(NCc2ccccc2C#N)c1. The Hall–Kier alpha value is -2.71. The molecule has 0 radical (unpaired) electrons. The van der Waals surface area contributed by atoms with Crippen molar-refractivity contribution in [1.29, 1.82) is 5.26 Å². The fourth-order valence-electron chi connectivity index (χ4n) is 1.70. The van der Waals surface area contributed by atoms with Crippen LogP contribution in [0.4, 0.5) is 5.69 Å². The van der Waals surface area contributed by atoms with E-state index >= 15 is 0 Å². The van der Waals surface area contributed by atoms with Crippen molar-refractivity contribution in [2.45, 2.75) is 6.54 Å². The first-order chi connectivity index (χ1) is 8.83. The van der Waals surface area contributed by atoms with Gasteiger partial charge in [0.2, 0.25) is 0 Å². The van der Waals surface area contributed by atoms with E-state index in [0.717, 1.165) is 16.8 Å². The lowest BCUT2D eigenvalue weighted by atomic mass is 10.1. The van der Waals surface area contributed by atoms with Crippen molar-refractivity contribution < 1.29 is 0 Å². The summed E-state index contributed by atoms with van der Waals surface area (Å²) in [7, 11) is 0. The Kier molecular flexibility index (Phi) is 3.64. The van der Waals surface area contributed by atoms with Crippen molar-refractivity contribution in [3.63, 3.8) is 0 Å². The molecule has 86 valence electrons. The van der Waals surface area contributed by atoms with Gasteiger partial charge in [-0.2, -0.15) is 5.26 Å². The molecule has 0 heterocycles. The van der Waals surface area contributed by atoms with Crippen LogP contribution in [0.25, 0.3) is 0 Å². The summed E-state index contributed by atoms with van der Waals surface area (Å²) >= 11 is 0. The number of hydrogen-bond acceptors (Lipinski definition) is 2. The highest BCUT2D eigenvalue weighted by atomic mass is 14.9. The van der Waals surface area contributed by atoms with Gasteiger partial charge >= 0.3 is 0 Å². The third-order valence-corrected chi connectivity index (χ3v) is 2.65. The molecule has 0 fully saturated rings. The topological polar surface area (TPSA) is 35.8 Å². The lowest BCUT2D eigenvalue weighted by molar-refractivity contribution is 1.14. The molecule has 2 nitrogen and oxygen atoms in total. The van der Waals surface area contributed by atoms with Crippen molar-refractivity contribution in [2.24, 2.45) is 0 Å². The van der Waals surface area contributed by atoms with E-state index in [0.29, 0.717) is 12.1 Å². The van der Waals surface area contributed by atoms with E-state index in [-0.39, 0.29) is 0 Å². The number of rotatable bonds is 3. The van der Waals surface area contributed by atoms with E-state index in [1.165, 1.54) is 0 Å². The minimum Gasteiger partial charge on any atom is -0.381 e. The predicted octanol–water partition coefficient (Wildman–Crippen LogP) is 3.15. The number of nitrogens with one attached hydrogen (secondary N) is 1. The standard InChI is InChI=1S/C16H12N2/c1-2-13-6-5-9-16(10-13)18-12-15-8-4-3-7-14(15)11-17/h1,3-10,18H,12H2. The molecule has 2 rings (SSSR count). The van der Waals surface area contributed by atoms with Gasteiger partial charge in [-0.1, -0.05) is 30.2 Å². The fraction of sp³-hybridized carbons (Fsp3) is 0.0625. The van der Waals surface area contributed by atoms with Crippen LogP contribution in [0.3, 0.4) is 0 Å². The molecule has 0 bridgehead atoms. The highest BCUT2D eigenvalue weighted by Gasteiger charge is 2.00. The molecule has 0 aliphatic heterocycles. The van der Waals surface area contributed by atoms with Gasteiger partial charge in [0, 0.05) is 17.8 Å². The van der Waals surface area contributed by atoms with Crippen LogP contribution >= 0.6 is 0 Å². The van der Waals surface area contributed by atoms with Crippen molar-refractivity contribution in [3.8, 4) is 18.4 Å². The zero-order chi connectivity index (χ0) is 12.8. The second kappa shape index (κ2) is 5.57. The van der Waals surface area contributed by atoms with Crippen LogP contribution in [0.15, 0.2) is 48.5 Å². The average Bonchev–Trinajstić information content (AvgIpc) is 2.45. The lowest BCUT2D eigenvalue weighted by Crippen LogP contribution is -2.01. The highest BCUT2D eigenvalue weighted by molar-refractivity contribution is 5.51. The summed E-state index contributed by atoms with van der Waals surface area (Å²) in [5.41, 5.74) is 3.47. The van der Waals surface area contributed by atoms with Crippen LogP contribution in [0.2, 0.25) is 0 Å². The number of benzene rings is 2. The fourth-order valence-corrected chi connectivity index (χ4v) is 1.70. The molecular weight excluding hydrogens is 220 g/mol. The number of nitriles is 1. The van der Waals surface area contributed by atoms with Crippen LogP contribution in [0.5, 0.6) is 0 Å². The zero-order valence-corrected chi connectivity index (χ0v) is 9.85. The molecule has 0 spiro atoms. The van der Waals surface area contributed by atoms with Gasteiger partial charge in [-0.3, -0.25) is 0 Å². The largest absolute Gasteiger partial charge is 0.381 e. The maximum absolute atomic E-state index is 8.99. The van der Waals surface area contributed by atoms with Crippen molar-refractivity contribution in [2.75, 3.05) is 5.32 Å². The van der Waals surface area contributed by atoms with E-state index in [2.05, 4.69) is 17.3 Å². The normalized spacial score (nSPS) is 9.22. The molecule has 0 aliphatic rings. The number of terminal acetylenes is 1. The van der Waals surface area contributed by atoms with Gasteiger partial charge in [0.25, 0.3) is 0 Å².